The predicted octanol–water partition coefficient (Wildman–Crippen LogP) is 4.20. The Labute approximate surface area is 172 Å². The molecule has 2 aromatic heterocycles. The highest BCUT2D eigenvalue weighted by Gasteiger charge is 2.28. The molecule has 28 heavy (non-hydrogen) atoms. The van der Waals surface area contributed by atoms with Crippen molar-refractivity contribution >= 4 is 39.2 Å². The van der Waals surface area contributed by atoms with Gasteiger partial charge in [-0.15, -0.1) is 23.1 Å². The van der Waals surface area contributed by atoms with E-state index in [1.807, 2.05) is 49.1 Å². The fourth-order valence-corrected chi connectivity index (χ4v) is 5.72. The van der Waals surface area contributed by atoms with Crippen LogP contribution in [0.4, 0.5) is 0 Å². The van der Waals surface area contributed by atoms with Gasteiger partial charge in [0, 0.05) is 18.0 Å². The Hall–Kier alpha value is -2.12. The number of nitrogens with zero attached hydrogens (tertiary/aromatic N) is 2. The molecule has 1 atom stereocenters. The van der Waals surface area contributed by atoms with Crippen LogP contribution in [0.5, 0.6) is 0 Å². The summed E-state index contributed by atoms with van der Waals surface area (Å²) in [6.07, 6.45) is 2.14. The average Bonchev–Trinajstić information content (AvgIpc) is 3.32. The number of carbonyl (C=O) groups excluding carboxylic acids is 1. The zero-order valence-corrected chi connectivity index (χ0v) is 17.7. The van der Waals surface area contributed by atoms with Crippen LogP contribution in [0.1, 0.15) is 39.9 Å². The SMILES string of the molecule is Cc1sc2nc(CS[C@H](C(=O)N3CCCC3)c3ccccc3)[nH]c(=O)c2c1C. The number of aryl methyl sites for hydroxylation is 2. The van der Waals surface area contributed by atoms with E-state index < -0.39 is 0 Å². The smallest absolute Gasteiger partial charge is 0.259 e. The summed E-state index contributed by atoms with van der Waals surface area (Å²) >= 11 is 3.08. The lowest BCUT2D eigenvalue weighted by Crippen LogP contribution is -2.31. The largest absolute Gasteiger partial charge is 0.341 e. The summed E-state index contributed by atoms with van der Waals surface area (Å²) in [5, 5.41) is 0.399. The molecule has 5 nitrogen and oxygen atoms in total. The van der Waals surface area contributed by atoms with Gasteiger partial charge < -0.3 is 9.88 Å². The van der Waals surface area contributed by atoms with E-state index in [9.17, 15) is 9.59 Å². The first-order chi connectivity index (χ1) is 13.5. The molecule has 1 aliphatic rings. The second-order valence-corrected chi connectivity index (χ2v) is 9.41. The van der Waals surface area contributed by atoms with Crippen molar-refractivity contribution in [3.63, 3.8) is 0 Å². The van der Waals surface area contributed by atoms with Gasteiger partial charge in [0.15, 0.2) is 0 Å². The molecule has 1 fully saturated rings. The number of aromatic nitrogens is 2. The van der Waals surface area contributed by atoms with Crippen LogP contribution in [-0.2, 0) is 10.5 Å². The number of H-pyrrole nitrogens is 1. The summed E-state index contributed by atoms with van der Waals surface area (Å²) in [5.41, 5.74) is 1.90. The van der Waals surface area contributed by atoms with Crippen LogP contribution in [0.15, 0.2) is 35.1 Å². The minimum Gasteiger partial charge on any atom is -0.341 e. The number of rotatable bonds is 5. The number of nitrogens with one attached hydrogen (secondary N) is 1. The lowest BCUT2D eigenvalue weighted by Gasteiger charge is -2.23. The van der Waals surface area contributed by atoms with Crippen molar-refractivity contribution in [1.82, 2.24) is 14.9 Å². The Kier molecular flexibility index (Phi) is 5.55. The molecular formula is C21H23N3O2S2. The second-order valence-electron chi connectivity index (χ2n) is 7.11. The van der Waals surface area contributed by atoms with Crippen molar-refractivity contribution in [2.75, 3.05) is 13.1 Å². The highest BCUT2D eigenvalue weighted by atomic mass is 32.2. The number of carbonyl (C=O) groups is 1. The summed E-state index contributed by atoms with van der Waals surface area (Å²) in [4.78, 5) is 37.0. The molecular weight excluding hydrogens is 390 g/mol. The van der Waals surface area contributed by atoms with Gasteiger partial charge in [0.05, 0.1) is 11.1 Å². The number of aromatic amines is 1. The van der Waals surface area contributed by atoms with Gasteiger partial charge in [-0.05, 0) is 37.8 Å². The van der Waals surface area contributed by atoms with Gasteiger partial charge in [-0.3, -0.25) is 9.59 Å². The zero-order chi connectivity index (χ0) is 19.7. The third-order valence-electron chi connectivity index (χ3n) is 5.22. The fraction of sp³-hybridized carbons (Fsp3) is 0.381. The zero-order valence-electron chi connectivity index (χ0n) is 16.0. The number of hydrogen-bond acceptors (Lipinski definition) is 5. The molecule has 4 rings (SSSR count). The lowest BCUT2D eigenvalue weighted by atomic mass is 10.1. The number of thioether (sulfide) groups is 1. The van der Waals surface area contributed by atoms with Crippen LogP contribution in [0.25, 0.3) is 10.2 Å². The number of fused-ring (bicyclic) bond motifs is 1. The first-order valence-electron chi connectivity index (χ1n) is 9.49. The van der Waals surface area contributed by atoms with Crippen molar-refractivity contribution < 1.29 is 4.79 Å². The average molecular weight is 414 g/mol. The van der Waals surface area contributed by atoms with Gasteiger partial charge in [0.2, 0.25) is 5.91 Å². The lowest BCUT2D eigenvalue weighted by molar-refractivity contribution is -0.129. The topological polar surface area (TPSA) is 66.1 Å². The number of hydrogen-bond donors (Lipinski definition) is 1. The molecule has 0 unspecified atom stereocenters. The Morgan fingerprint density at radius 2 is 1.96 bits per heavy atom. The molecule has 0 spiro atoms. The van der Waals surface area contributed by atoms with Crippen LogP contribution >= 0.6 is 23.1 Å². The maximum Gasteiger partial charge on any atom is 0.259 e. The number of amides is 1. The maximum atomic E-state index is 13.1. The van der Waals surface area contributed by atoms with Crippen LogP contribution in [0.3, 0.4) is 0 Å². The van der Waals surface area contributed by atoms with Crippen LogP contribution in [0.2, 0.25) is 0 Å². The van der Waals surface area contributed by atoms with Gasteiger partial charge in [0.1, 0.15) is 15.9 Å². The van der Waals surface area contributed by atoms with Crippen molar-refractivity contribution in [3.05, 3.63) is 62.5 Å². The van der Waals surface area contributed by atoms with E-state index in [-0.39, 0.29) is 16.7 Å². The molecule has 1 N–H and O–H groups in total. The van der Waals surface area contributed by atoms with Crippen LogP contribution in [0, 0.1) is 13.8 Å². The monoisotopic (exact) mass is 413 g/mol. The highest BCUT2D eigenvalue weighted by molar-refractivity contribution is 7.99. The molecule has 0 aliphatic carbocycles. The van der Waals surface area contributed by atoms with Gasteiger partial charge >= 0.3 is 0 Å². The molecule has 1 aliphatic heterocycles. The molecule has 0 saturated carbocycles. The van der Waals surface area contributed by atoms with E-state index in [4.69, 9.17) is 0 Å². The molecule has 7 heteroatoms. The minimum absolute atomic E-state index is 0.0930. The highest BCUT2D eigenvalue weighted by Crippen LogP contribution is 2.34. The quantitative estimate of drug-likeness (QED) is 0.681. The van der Waals surface area contributed by atoms with Gasteiger partial charge in [-0.1, -0.05) is 30.3 Å². The van der Waals surface area contributed by atoms with E-state index >= 15 is 0 Å². The Bertz CT molecular complexity index is 1050. The third kappa shape index (κ3) is 3.73. The van der Waals surface area contributed by atoms with Crippen LogP contribution < -0.4 is 5.56 Å². The van der Waals surface area contributed by atoms with E-state index in [0.717, 1.165) is 46.8 Å². The first-order valence-corrected chi connectivity index (χ1v) is 11.4. The predicted molar refractivity (Wildman–Crippen MR) is 116 cm³/mol. The van der Waals surface area contributed by atoms with Gasteiger partial charge in [-0.2, -0.15) is 0 Å². The maximum absolute atomic E-state index is 13.1. The normalized spacial score (nSPS) is 15.3. The molecule has 0 bridgehead atoms. The van der Waals surface area contributed by atoms with Crippen molar-refractivity contribution in [3.8, 4) is 0 Å². The Balaban J connectivity index is 1.60. The van der Waals surface area contributed by atoms with E-state index in [1.165, 1.54) is 11.8 Å². The van der Waals surface area contributed by atoms with E-state index in [2.05, 4.69) is 9.97 Å². The molecule has 1 saturated heterocycles. The van der Waals surface area contributed by atoms with Crippen LogP contribution in [-0.4, -0.2) is 33.9 Å². The minimum atomic E-state index is -0.285. The van der Waals surface area contributed by atoms with Crippen molar-refractivity contribution in [2.24, 2.45) is 0 Å². The first kappa shape index (κ1) is 19.2. The molecule has 1 aromatic carbocycles. The number of thiophene rings is 1. The standard InChI is InChI=1S/C21H23N3O2S2/c1-13-14(2)28-20-17(13)19(25)22-16(23-20)12-27-18(15-8-4-3-5-9-15)21(26)24-10-6-7-11-24/h3-5,8-9,18H,6-7,10-12H2,1-2H3,(H,22,23,25)/t18-/m0/s1. The fourth-order valence-electron chi connectivity index (χ4n) is 3.57. The summed E-state index contributed by atoms with van der Waals surface area (Å²) in [6, 6.07) is 9.88. The Morgan fingerprint density at radius 3 is 2.68 bits per heavy atom. The van der Waals surface area contributed by atoms with Crippen molar-refractivity contribution in [2.45, 2.75) is 37.7 Å². The van der Waals surface area contributed by atoms with Crippen molar-refractivity contribution in [1.29, 1.82) is 0 Å². The second kappa shape index (κ2) is 8.09. The van der Waals surface area contributed by atoms with Gasteiger partial charge in [-0.25, -0.2) is 4.98 Å². The molecule has 3 aromatic rings. The van der Waals surface area contributed by atoms with Gasteiger partial charge in [0.25, 0.3) is 5.56 Å². The summed E-state index contributed by atoms with van der Waals surface area (Å²) in [5.74, 6) is 1.26. The van der Waals surface area contributed by atoms with E-state index in [1.54, 1.807) is 11.3 Å². The molecule has 146 valence electrons. The number of likely N-dealkylation sites (tertiary alicyclic amines) is 1. The summed E-state index contributed by atoms with van der Waals surface area (Å²) in [6.45, 7) is 5.63. The number of benzene rings is 1. The molecule has 1 amide bonds. The van der Waals surface area contributed by atoms with E-state index in [0.29, 0.717) is 17.0 Å². The Morgan fingerprint density at radius 1 is 1.25 bits per heavy atom. The third-order valence-corrected chi connectivity index (χ3v) is 7.57. The summed E-state index contributed by atoms with van der Waals surface area (Å²) < 4.78 is 0. The molecule has 3 heterocycles. The molecule has 0 radical (unpaired) electrons. The summed E-state index contributed by atoms with van der Waals surface area (Å²) in [7, 11) is 0.